The minimum absolute atomic E-state index is 0.189. The number of hydrogen-bond acceptors (Lipinski definition) is 5. The first-order valence-electron chi connectivity index (χ1n) is 5.79. The van der Waals surface area contributed by atoms with Crippen LogP contribution in [0.3, 0.4) is 0 Å². The lowest BCUT2D eigenvalue weighted by Gasteiger charge is -2.34. The monoisotopic (exact) mass is 274 g/mol. The van der Waals surface area contributed by atoms with E-state index in [1.54, 1.807) is 24.3 Å². The molecule has 1 aromatic heterocycles. The summed E-state index contributed by atoms with van der Waals surface area (Å²) < 4.78 is 1.13. The Balaban J connectivity index is 2.37. The van der Waals surface area contributed by atoms with Crippen molar-refractivity contribution < 1.29 is 14.8 Å². The molecule has 2 heterocycles. The van der Waals surface area contributed by atoms with Gasteiger partial charge in [-0.05, 0) is 13.0 Å². The summed E-state index contributed by atoms with van der Waals surface area (Å²) in [6.45, 7) is 1.41. The first kappa shape index (κ1) is 12.2. The molecule has 0 aliphatic carbocycles. The number of hydrogen-bond donors (Lipinski definition) is 2. The molecule has 0 saturated carbocycles. The largest absolute Gasteiger partial charge is 0.478 e. The van der Waals surface area contributed by atoms with Crippen molar-refractivity contribution in [1.29, 1.82) is 0 Å². The number of carboxylic acids is 1. The van der Waals surface area contributed by atoms with E-state index < -0.39 is 16.6 Å². The van der Waals surface area contributed by atoms with E-state index in [9.17, 15) is 20.0 Å². The normalized spacial score (nSPS) is 19.6. The van der Waals surface area contributed by atoms with Crippen molar-refractivity contribution in [1.82, 2.24) is 9.78 Å². The molecule has 1 unspecified atom stereocenters. The SMILES string of the molecule is CC1(C(=O)O)Nc2ccccc2-c2c([N+](=O)[O-])cnn21. The van der Waals surface area contributed by atoms with Crippen LogP contribution in [0.5, 0.6) is 0 Å². The first-order chi connectivity index (χ1) is 9.45. The number of anilines is 1. The van der Waals surface area contributed by atoms with Gasteiger partial charge in [0, 0.05) is 11.3 Å². The molecule has 20 heavy (non-hydrogen) atoms. The van der Waals surface area contributed by atoms with Gasteiger partial charge in [0.1, 0.15) is 6.20 Å². The van der Waals surface area contributed by atoms with Crippen molar-refractivity contribution in [2.24, 2.45) is 0 Å². The Morgan fingerprint density at radius 1 is 1.50 bits per heavy atom. The Morgan fingerprint density at radius 3 is 2.85 bits per heavy atom. The number of aliphatic carboxylic acids is 1. The maximum Gasteiger partial charge on any atom is 0.352 e. The van der Waals surface area contributed by atoms with Gasteiger partial charge in [-0.1, -0.05) is 18.2 Å². The fourth-order valence-corrected chi connectivity index (χ4v) is 2.32. The fourth-order valence-electron chi connectivity index (χ4n) is 2.32. The molecule has 0 fully saturated rings. The van der Waals surface area contributed by atoms with Crippen LogP contribution in [0.25, 0.3) is 11.3 Å². The van der Waals surface area contributed by atoms with E-state index >= 15 is 0 Å². The van der Waals surface area contributed by atoms with Crippen LogP contribution in [0.15, 0.2) is 30.5 Å². The van der Waals surface area contributed by atoms with Gasteiger partial charge >= 0.3 is 11.7 Å². The zero-order valence-corrected chi connectivity index (χ0v) is 10.4. The number of rotatable bonds is 2. The topological polar surface area (TPSA) is 110 Å². The standard InChI is InChI=1S/C12H10N4O4/c1-12(11(17)18)14-8-5-3-2-4-7(8)10-9(16(19)20)6-13-15(10)12/h2-6,14H,1H3,(H,17,18). The van der Waals surface area contributed by atoms with Crippen LogP contribution in [0, 0.1) is 10.1 Å². The molecule has 0 saturated heterocycles. The molecule has 0 amide bonds. The minimum atomic E-state index is -1.57. The molecule has 102 valence electrons. The van der Waals surface area contributed by atoms with E-state index in [1.807, 2.05) is 0 Å². The lowest BCUT2D eigenvalue weighted by molar-refractivity contribution is -0.384. The highest BCUT2D eigenvalue weighted by atomic mass is 16.6. The maximum atomic E-state index is 11.5. The first-order valence-corrected chi connectivity index (χ1v) is 5.79. The number of fused-ring (bicyclic) bond motifs is 3. The van der Waals surface area contributed by atoms with Crippen molar-refractivity contribution in [2.75, 3.05) is 5.32 Å². The van der Waals surface area contributed by atoms with E-state index in [4.69, 9.17) is 0 Å². The highest BCUT2D eigenvalue weighted by molar-refractivity contribution is 5.90. The summed E-state index contributed by atoms with van der Waals surface area (Å²) in [7, 11) is 0. The fraction of sp³-hybridized carbons (Fsp3) is 0.167. The second-order valence-corrected chi connectivity index (χ2v) is 4.60. The van der Waals surface area contributed by atoms with Crippen LogP contribution in [0.4, 0.5) is 11.4 Å². The third-order valence-corrected chi connectivity index (χ3v) is 3.35. The molecule has 0 spiro atoms. The third-order valence-electron chi connectivity index (χ3n) is 3.35. The number of para-hydroxylation sites is 1. The van der Waals surface area contributed by atoms with Gasteiger partial charge in [0.15, 0.2) is 5.69 Å². The summed E-state index contributed by atoms with van der Waals surface area (Å²) in [4.78, 5) is 22.1. The zero-order valence-electron chi connectivity index (χ0n) is 10.4. The summed E-state index contributed by atoms with van der Waals surface area (Å²) in [5, 5.41) is 27.3. The van der Waals surface area contributed by atoms with Gasteiger partial charge in [-0.15, -0.1) is 0 Å². The van der Waals surface area contributed by atoms with Crippen molar-refractivity contribution >= 4 is 17.3 Å². The Kier molecular flexibility index (Phi) is 2.31. The van der Waals surface area contributed by atoms with Crippen molar-refractivity contribution in [2.45, 2.75) is 12.6 Å². The number of carbonyl (C=O) groups is 1. The van der Waals surface area contributed by atoms with Gasteiger partial charge in [-0.3, -0.25) is 10.1 Å². The summed E-state index contributed by atoms with van der Waals surface area (Å²) >= 11 is 0. The molecule has 2 aromatic rings. The highest BCUT2D eigenvalue weighted by Crippen LogP contribution is 2.42. The highest BCUT2D eigenvalue weighted by Gasteiger charge is 2.44. The van der Waals surface area contributed by atoms with Crippen LogP contribution in [-0.2, 0) is 10.5 Å². The molecule has 0 radical (unpaired) electrons. The number of aromatic nitrogens is 2. The second kappa shape index (κ2) is 3.80. The van der Waals surface area contributed by atoms with Crippen molar-refractivity contribution in [3.63, 3.8) is 0 Å². The summed E-state index contributed by atoms with van der Waals surface area (Å²) in [6, 6.07) is 6.82. The van der Waals surface area contributed by atoms with Gasteiger partial charge < -0.3 is 10.4 Å². The zero-order chi connectivity index (χ0) is 14.5. The number of nitro groups is 1. The molecule has 1 aromatic carbocycles. The van der Waals surface area contributed by atoms with Crippen molar-refractivity contribution in [3.05, 3.63) is 40.6 Å². The lowest BCUT2D eigenvalue weighted by atomic mass is 10.0. The minimum Gasteiger partial charge on any atom is -0.478 e. The third kappa shape index (κ3) is 1.41. The Morgan fingerprint density at radius 2 is 2.20 bits per heavy atom. The Hall–Kier alpha value is -2.90. The molecule has 2 N–H and O–H groups in total. The predicted octanol–water partition coefficient (Wildman–Crippen LogP) is 1.64. The molecule has 8 nitrogen and oxygen atoms in total. The van der Waals surface area contributed by atoms with E-state index in [0.29, 0.717) is 11.3 Å². The van der Waals surface area contributed by atoms with Crippen LogP contribution >= 0.6 is 0 Å². The number of benzene rings is 1. The van der Waals surface area contributed by atoms with Gasteiger partial charge in [-0.2, -0.15) is 5.10 Å². The quantitative estimate of drug-likeness (QED) is 0.636. The number of carboxylic acid groups (broad SMARTS) is 1. The molecule has 1 aliphatic heterocycles. The average Bonchev–Trinajstić information content (AvgIpc) is 2.84. The lowest BCUT2D eigenvalue weighted by Crippen LogP contribution is -2.49. The maximum absolute atomic E-state index is 11.5. The van der Waals surface area contributed by atoms with E-state index in [1.165, 1.54) is 6.92 Å². The Labute approximate surface area is 112 Å². The van der Waals surface area contributed by atoms with Crippen LogP contribution < -0.4 is 5.32 Å². The predicted molar refractivity (Wildman–Crippen MR) is 69.2 cm³/mol. The number of nitrogens with zero attached hydrogens (tertiary/aromatic N) is 3. The molecule has 1 atom stereocenters. The molecular formula is C12H10N4O4. The van der Waals surface area contributed by atoms with Gasteiger partial charge in [0.2, 0.25) is 5.66 Å². The smallest absolute Gasteiger partial charge is 0.352 e. The summed E-state index contributed by atoms with van der Waals surface area (Å²) in [6.07, 6.45) is 1.07. The molecule has 3 rings (SSSR count). The molecule has 1 aliphatic rings. The van der Waals surface area contributed by atoms with E-state index in [0.717, 1.165) is 10.9 Å². The molecular weight excluding hydrogens is 264 g/mol. The number of nitrogens with one attached hydrogen (secondary N) is 1. The molecule has 8 heteroatoms. The van der Waals surface area contributed by atoms with Crippen LogP contribution in [0.2, 0.25) is 0 Å². The average molecular weight is 274 g/mol. The summed E-state index contributed by atoms with van der Waals surface area (Å²) in [5.74, 6) is -1.17. The van der Waals surface area contributed by atoms with Gasteiger partial charge in [0.25, 0.3) is 0 Å². The van der Waals surface area contributed by atoms with Crippen molar-refractivity contribution in [3.8, 4) is 11.3 Å². The Bertz CT molecular complexity index is 739. The van der Waals surface area contributed by atoms with E-state index in [2.05, 4.69) is 10.4 Å². The van der Waals surface area contributed by atoms with Crippen LogP contribution in [0.1, 0.15) is 6.92 Å². The van der Waals surface area contributed by atoms with Crippen LogP contribution in [-0.4, -0.2) is 25.8 Å². The molecule has 0 bridgehead atoms. The second-order valence-electron chi connectivity index (χ2n) is 4.60. The summed E-state index contributed by atoms with van der Waals surface area (Å²) in [5.41, 5.74) is -0.526. The van der Waals surface area contributed by atoms with E-state index in [-0.39, 0.29) is 11.4 Å². The van der Waals surface area contributed by atoms with Gasteiger partial charge in [0.05, 0.1) is 4.92 Å². The van der Waals surface area contributed by atoms with Gasteiger partial charge in [-0.25, -0.2) is 9.48 Å².